The van der Waals surface area contributed by atoms with E-state index >= 15 is 0 Å². The number of hydrogen-bond donors (Lipinski definition) is 2. The van der Waals surface area contributed by atoms with Gasteiger partial charge in [0.1, 0.15) is 5.69 Å². The molecule has 1 saturated heterocycles. The number of para-hydroxylation sites is 1. The first-order valence-corrected chi connectivity index (χ1v) is 11.3. The number of anilines is 3. The van der Waals surface area contributed by atoms with Gasteiger partial charge >= 0.3 is 0 Å². The maximum absolute atomic E-state index is 12.7. The maximum atomic E-state index is 12.7. The van der Waals surface area contributed by atoms with E-state index in [0.29, 0.717) is 30.1 Å². The van der Waals surface area contributed by atoms with Crippen molar-refractivity contribution in [3.63, 3.8) is 0 Å². The van der Waals surface area contributed by atoms with E-state index in [0.717, 1.165) is 18.5 Å². The zero-order valence-electron chi connectivity index (χ0n) is 19.3. The zero-order chi connectivity index (χ0) is 24.8. The molecule has 0 aromatic heterocycles. The van der Waals surface area contributed by atoms with E-state index in [4.69, 9.17) is 4.74 Å². The van der Waals surface area contributed by atoms with Gasteiger partial charge in [-0.3, -0.25) is 19.7 Å². The third-order valence-electron chi connectivity index (χ3n) is 5.84. The number of carbonyl (C=O) groups is 2. The second-order valence-electron chi connectivity index (χ2n) is 8.24. The van der Waals surface area contributed by atoms with Crippen molar-refractivity contribution >= 4 is 34.6 Å². The predicted molar refractivity (Wildman–Crippen MR) is 134 cm³/mol. The van der Waals surface area contributed by atoms with Crippen molar-refractivity contribution in [1.82, 2.24) is 0 Å². The third-order valence-corrected chi connectivity index (χ3v) is 5.84. The summed E-state index contributed by atoms with van der Waals surface area (Å²) in [4.78, 5) is 38.1. The van der Waals surface area contributed by atoms with Gasteiger partial charge in [-0.05, 0) is 61.4 Å². The summed E-state index contributed by atoms with van der Waals surface area (Å²) in [7, 11) is 1.69. The Balaban J connectivity index is 1.42. The first kappa shape index (κ1) is 23.9. The zero-order valence-corrected chi connectivity index (χ0v) is 19.3. The van der Waals surface area contributed by atoms with Gasteiger partial charge in [0.2, 0.25) is 0 Å². The average molecular weight is 475 g/mol. The first-order chi connectivity index (χ1) is 16.9. The lowest BCUT2D eigenvalue weighted by Crippen LogP contribution is -2.26. The largest absolute Gasteiger partial charge is 0.377 e. The van der Waals surface area contributed by atoms with Gasteiger partial charge in [0.15, 0.2) is 0 Å². The van der Waals surface area contributed by atoms with Crippen LogP contribution in [0.5, 0.6) is 0 Å². The molecule has 180 valence electrons. The summed E-state index contributed by atoms with van der Waals surface area (Å²) in [6.45, 7) is 1.17. The molecule has 4 rings (SSSR count). The quantitative estimate of drug-likeness (QED) is 0.361. The predicted octanol–water partition coefficient (Wildman–Crippen LogP) is 4.71. The summed E-state index contributed by atoms with van der Waals surface area (Å²) in [6, 6.07) is 20.1. The Labute approximate surface area is 202 Å². The number of nitrogens with zero attached hydrogens (tertiary/aromatic N) is 2. The topological polar surface area (TPSA) is 114 Å². The summed E-state index contributed by atoms with van der Waals surface area (Å²) < 4.78 is 5.54. The van der Waals surface area contributed by atoms with E-state index in [1.165, 1.54) is 18.2 Å². The number of hydrogen-bond acceptors (Lipinski definition) is 6. The molecule has 1 heterocycles. The van der Waals surface area contributed by atoms with Crippen molar-refractivity contribution in [3.05, 3.63) is 94.0 Å². The van der Waals surface area contributed by atoms with Crippen molar-refractivity contribution < 1.29 is 19.2 Å². The minimum Gasteiger partial charge on any atom is -0.377 e. The van der Waals surface area contributed by atoms with Crippen LogP contribution < -0.4 is 15.5 Å². The molecule has 0 bridgehead atoms. The molecule has 1 aliphatic rings. The molecule has 1 fully saturated rings. The van der Waals surface area contributed by atoms with Crippen LogP contribution in [-0.2, 0) is 4.74 Å². The molecular weight excluding hydrogens is 448 g/mol. The van der Waals surface area contributed by atoms with Gasteiger partial charge in [0.05, 0.1) is 11.0 Å². The molecule has 0 aliphatic carbocycles. The molecular formula is C26H26N4O5. The SMILES string of the molecule is CN(C(=O)c1ccc(NC(=O)c2ccc(NC[C@@H]3CCCO3)c([N+](=O)[O-])c2)cc1)c1ccccc1. The number of benzene rings is 3. The van der Waals surface area contributed by atoms with Gasteiger partial charge in [0.25, 0.3) is 17.5 Å². The summed E-state index contributed by atoms with van der Waals surface area (Å²) in [6.07, 6.45) is 1.92. The number of ether oxygens (including phenoxy) is 1. The number of rotatable bonds is 8. The normalized spacial score (nSPS) is 14.8. The number of carbonyl (C=O) groups excluding carboxylic acids is 2. The Kier molecular flexibility index (Phi) is 7.37. The highest BCUT2D eigenvalue weighted by atomic mass is 16.6. The minimum atomic E-state index is -0.516. The van der Waals surface area contributed by atoms with Gasteiger partial charge < -0.3 is 20.3 Å². The molecule has 0 unspecified atom stereocenters. The van der Waals surface area contributed by atoms with Gasteiger partial charge in [-0.2, -0.15) is 0 Å². The number of amides is 2. The fourth-order valence-corrected chi connectivity index (χ4v) is 3.86. The summed E-state index contributed by atoms with van der Waals surface area (Å²) >= 11 is 0. The van der Waals surface area contributed by atoms with Crippen molar-refractivity contribution in [2.45, 2.75) is 18.9 Å². The molecule has 0 radical (unpaired) electrons. The minimum absolute atomic E-state index is 0.0277. The average Bonchev–Trinajstić information content (AvgIpc) is 3.41. The summed E-state index contributed by atoms with van der Waals surface area (Å²) in [5.41, 5.74) is 2.02. The molecule has 3 aromatic rings. The van der Waals surface area contributed by atoms with E-state index in [1.54, 1.807) is 36.2 Å². The van der Waals surface area contributed by atoms with Crippen molar-refractivity contribution in [2.24, 2.45) is 0 Å². The molecule has 1 aliphatic heterocycles. The number of nitro groups is 1. The lowest BCUT2D eigenvalue weighted by Gasteiger charge is -2.17. The van der Waals surface area contributed by atoms with Crippen LogP contribution >= 0.6 is 0 Å². The van der Waals surface area contributed by atoms with Crippen molar-refractivity contribution in [2.75, 3.05) is 35.7 Å². The highest BCUT2D eigenvalue weighted by Crippen LogP contribution is 2.27. The van der Waals surface area contributed by atoms with Gasteiger partial charge in [-0.15, -0.1) is 0 Å². The van der Waals surface area contributed by atoms with Crippen LogP contribution in [-0.4, -0.2) is 43.0 Å². The van der Waals surface area contributed by atoms with Gasteiger partial charge in [-0.1, -0.05) is 18.2 Å². The fourth-order valence-electron chi connectivity index (χ4n) is 3.86. The van der Waals surface area contributed by atoms with E-state index < -0.39 is 10.8 Å². The van der Waals surface area contributed by atoms with E-state index in [2.05, 4.69) is 10.6 Å². The molecule has 3 aromatic carbocycles. The number of nitrogens with one attached hydrogen (secondary N) is 2. The Hall–Kier alpha value is -4.24. The Morgan fingerprint density at radius 2 is 1.77 bits per heavy atom. The number of nitro benzene ring substituents is 1. The second kappa shape index (κ2) is 10.8. The van der Waals surface area contributed by atoms with Crippen molar-refractivity contribution in [1.29, 1.82) is 0 Å². The van der Waals surface area contributed by atoms with Crippen molar-refractivity contribution in [3.8, 4) is 0 Å². The van der Waals surface area contributed by atoms with E-state index in [1.807, 2.05) is 30.3 Å². The van der Waals surface area contributed by atoms with Crippen LogP contribution in [0.1, 0.15) is 33.6 Å². The lowest BCUT2D eigenvalue weighted by molar-refractivity contribution is -0.384. The molecule has 1 atom stereocenters. The Bertz CT molecular complexity index is 1210. The summed E-state index contributed by atoms with van der Waals surface area (Å²) in [5, 5.41) is 17.4. The second-order valence-corrected chi connectivity index (χ2v) is 8.24. The molecule has 2 N–H and O–H groups in total. The summed E-state index contributed by atoms with van der Waals surface area (Å²) in [5.74, 6) is -0.671. The van der Waals surface area contributed by atoms with Crippen LogP contribution in [0, 0.1) is 10.1 Å². The molecule has 35 heavy (non-hydrogen) atoms. The monoisotopic (exact) mass is 474 g/mol. The molecule has 9 heteroatoms. The van der Waals surface area contributed by atoms with E-state index in [-0.39, 0.29) is 23.3 Å². The Morgan fingerprint density at radius 3 is 2.43 bits per heavy atom. The maximum Gasteiger partial charge on any atom is 0.293 e. The standard InChI is InChI=1S/C26H26N4O5/c1-29(21-6-3-2-4-7-21)26(32)18-9-12-20(13-10-18)28-25(31)19-11-14-23(24(16-19)30(33)34)27-17-22-8-5-15-35-22/h2-4,6-7,9-14,16,22,27H,5,8,15,17H2,1H3,(H,28,31)/t22-/m0/s1. The molecule has 2 amide bonds. The highest BCUT2D eigenvalue weighted by molar-refractivity contribution is 6.07. The van der Waals surface area contributed by atoms with Gasteiger partial charge in [-0.25, -0.2) is 0 Å². The van der Waals surface area contributed by atoms with Gasteiger partial charge in [0, 0.05) is 48.8 Å². The fraction of sp³-hybridized carbons (Fsp3) is 0.231. The lowest BCUT2D eigenvalue weighted by atomic mass is 10.1. The van der Waals surface area contributed by atoms with Crippen LogP contribution in [0.25, 0.3) is 0 Å². The highest BCUT2D eigenvalue weighted by Gasteiger charge is 2.21. The van der Waals surface area contributed by atoms with Crippen LogP contribution in [0.2, 0.25) is 0 Å². The van der Waals surface area contributed by atoms with Crippen LogP contribution in [0.3, 0.4) is 0 Å². The first-order valence-electron chi connectivity index (χ1n) is 11.3. The molecule has 0 saturated carbocycles. The Morgan fingerprint density at radius 1 is 1.06 bits per heavy atom. The third kappa shape index (κ3) is 5.82. The molecule has 0 spiro atoms. The molecule has 9 nitrogen and oxygen atoms in total. The van der Waals surface area contributed by atoms with Crippen LogP contribution in [0.15, 0.2) is 72.8 Å². The van der Waals surface area contributed by atoms with E-state index in [9.17, 15) is 19.7 Å². The smallest absolute Gasteiger partial charge is 0.293 e. The van der Waals surface area contributed by atoms with Crippen LogP contribution in [0.4, 0.5) is 22.7 Å².